The lowest BCUT2D eigenvalue weighted by atomic mass is 9.79. The number of nitrogens with zero attached hydrogens (tertiary/aromatic N) is 1. The summed E-state index contributed by atoms with van der Waals surface area (Å²) in [6.45, 7) is 27.0. The Kier molecular flexibility index (Phi) is 6.41. The van der Waals surface area contributed by atoms with E-state index < -0.39 is 16.6 Å². The van der Waals surface area contributed by atoms with Crippen molar-refractivity contribution < 1.29 is 8.85 Å². The van der Waals surface area contributed by atoms with Crippen molar-refractivity contribution in [3.63, 3.8) is 0 Å². The fraction of sp³-hybridized carbons (Fsp3) is 0.857. The minimum Gasteiger partial charge on any atom is -0.546 e. The maximum Gasteiger partial charge on any atom is 0.250 e. The minimum absolute atomic E-state index is 0.109. The molecule has 0 aromatic heterocycles. The Hall–Kier alpha value is -0.576. The van der Waals surface area contributed by atoms with Crippen molar-refractivity contribution in [3.8, 4) is 6.07 Å². The van der Waals surface area contributed by atoms with Crippen LogP contribution in [0.15, 0.2) is 11.3 Å². The van der Waals surface area contributed by atoms with Crippen LogP contribution in [-0.2, 0) is 8.85 Å². The van der Waals surface area contributed by atoms with E-state index in [9.17, 15) is 5.26 Å². The molecule has 150 valence electrons. The average molecular weight is 396 g/mol. The molecule has 0 spiro atoms. The highest BCUT2D eigenvalue weighted by molar-refractivity contribution is 6.74. The van der Waals surface area contributed by atoms with Crippen LogP contribution in [0.3, 0.4) is 0 Å². The number of hydrogen-bond donors (Lipinski definition) is 0. The van der Waals surface area contributed by atoms with Crippen LogP contribution in [0.25, 0.3) is 0 Å². The zero-order valence-corrected chi connectivity index (χ0v) is 21.3. The first kappa shape index (κ1) is 23.5. The van der Waals surface area contributed by atoms with E-state index in [-0.39, 0.29) is 21.6 Å². The number of hydrogen-bond acceptors (Lipinski definition) is 3. The van der Waals surface area contributed by atoms with Crippen molar-refractivity contribution in [1.29, 1.82) is 5.26 Å². The summed E-state index contributed by atoms with van der Waals surface area (Å²) in [5, 5.41) is 10.0. The highest BCUT2D eigenvalue weighted by Crippen LogP contribution is 2.47. The predicted octanol–water partition coefficient (Wildman–Crippen LogP) is 7.00. The SMILES string of the molecule is C[C@H]1C[C@](C)(O[Si](C)(C)C(C)(C)C)CC(O[Si](C)(C)C(C)(C)C)=C1C#N. The molecule has 1 rings (SSSR count). The molecule has 0 N–H and O–H groups in total. The number of nitriles is 1. The normalized spacial score (nSPS) is 25.9. The summed E-state index contributed by atoms with van der Waals surface area (Å²) in [4.78, 5) is 0. The van der Waals surface area contributed by atoms with Gasteiger partial charge in [0, 0.05) is 6.42 Å². The van der Waals surface area contributed by atoms with E-state index in [0.29, 0.717) is 6.42 Å². The molecule has 0 amide bonds. The standard InChI is InChI=1S/C21H41NO2Si2/c1-16-13-21(8,24-26(11,12)20(5,6)7)14-18(17(16)15-22)23-25(9,10)19(2,3)4/h16H,13-14H2,1-12H3/t16-,21-/m0/s1. The maximum absolute atomic E-state index is 9.76. The van der Waals surface area contributed by atoms with Crippen LogP contribution in [0.2, 0.25) is 36.3 Å². The fourth-order valence-corrected chi connectivity index (χ4v) is 5.90. The Morgan fingerprint density at radius 2 is 1.46 bits per heavy atom. The highest BCUT2D eigenvalue weighted by atomic mass is 28.4. The molecule has 3 nitrogen and oxygen atoms in total. The lowest BCUT2D eigenvalue weighted by Crippen LogP contribution is -2.51. The first-order chi connectivity index (χ1) is 11.4. The van der Waals surface area contributed by atoms with E-state index in [0.717, 1.165) is 17.8 Å². The highest BCUT2D eigenvalue weighted by Gasteiger charge is 2.48. The molecule has 0 aromatic rings. The molecule has 1 aliphatic carbocycles. The topological polar surface area (TPSA) is 42.2 Å². The Morgan fingerprint density at radius 3 is 1.85 bits per heavy atom. The summed E-state index contributed by atoms with van der Waals surface area (Å²) >= 11 is 0. The summed E-state index contributed by atoms with van der Waals surface area (Å²) in [5.74, 6) is 1.06. The van der Waals surface area contributed by atoms with Gasteiger partial charge >= 0.3 is 0 Å². The van der Waals surface area contributed by atoms with Crippen molar-refractivity contribution in [2.45, 2.75) is 110 Å². The summed E-state index contributed by atoms with van der Waals surface area (Å²) in [7, 11) is -3.89. The van der Waals surface area contributed by atoms with Gasteiger partial charge in [0.15, 0.2) is 8.32 Å². The third-order valence-electron chi connectivity index (χ3n) is 6.68. The maximum atomic E-state index is 9.76. The van der Waals surface area contributed by atoms with Gasteiger partial charge in [0.25, 0.3) is 0 Å². The Labute approximate surface area is 164 Å². The van der Waals surface area contributed by atoms with Crippen LogP contribution in [0.4, 0.5) is 0 Å². The van der Waals surface area contributed by atoms with Crippen LogP contribution in [0.5, 0.6) is 0 Å². The van der Waals surface area contributed by atoms with Crippen molar-refractivity contribution >= 4 is 16.6 Å². The second kappa shape index (κ2) is 7.11. The van der Waals surface area contributed by atoms with Crippen LogP contribution in [0.1, 0.15) is 68.2 Å². The quantitative estimate of drug-likeness (QED) is 0.481. The van der Waals surface area contributed by atoms with Crippen LogP contribution < -0.4 is 0 Å². The molecule has 0 bridgehead atoms. The zero-order valence-electron chi connectivity index (χ0n) is 19.3. The van der Waals surface area contributed by atoms with Gasteiger partial charge in [-0.15, -0.1) is 0 Å². The average Bonchev–Trinajstić information content (AvgIpc) is 2.33. The van der Waals surface area contributed by atoms with Gasteiger partial charge in [-0.05, 0) is 55.5 Å². The van der Waals surface area contributed by atoms with Crippen molar-refractivity contribution in [2.24, 2.45) is 5.92 Å². The molecule has 1 aliphatic rings. The molecule has 2 atom stereocenters. The van der Waals surface area contributed by atoms with Crippen LogP contribution in [0, 0.1) is 17.2 Å². The molecule has 0 saturated carbocycles. The second-order valence-electron chi connectivity index (χ2n) is 11.4. The van der Waals surface area contributed by atoms with E-state index in [1.807, 2.05) is 0 Å². The smallest absolute Gasteiger partial charge is 0.250 e. The summed E-state index contributed by atoms with van der Waals surface area (Å²) in [5.41, 5.74) is 0.562. The first-order valence-corrected chi connectivity index (χ1v) is 15.7. The van der Waals surface area contributed by atoms with Crippen molar-refractivity contribution in [3.05, 3.63) is 11.3 Å². The van der Waals surface area contributed by atoms with E-state index >= 15 is 0 Å². The Bertz CT molecular complexity index is 603. The van der Waals surface area contributed by atoms with Gasteiger partial charge in [-0.1, -0.05) is 48.5 Å². The fourth-order valence-electron chi connectivity index (χ4n) is 3.10. The molecule has 0 saturated heterocycles. The molecule has 5 heteroatoms. The van der Waals surface area contributed by atoms with E-state index in [4.69, 9.17) is 8.85 Å². The molecule has 0 heterocycles. The molecule has 0 radical (unpaired) electrons. The predicted molar refractivity (Wildman–Crippen MR) is 116 cm³/mol. The third kappa shape index (κ3) is 5.02. The Morgan fingerprint density at radius 1 is 1.00 bits per heavy atom. The van der Waals surface area contributed by atoms with Gasteiger partial charge in [-0.2, -0.15) is 5.26 Å². The van der Waals surface area contributed by atoms with Gasteiger partial charge < -0.3 is 8.85 Å². The number of allylic oxidation sites excluding steroid dienone is 1. The minimum atomic E-state index is -1.99. The van der Waals surface area contributed by atoms with Crippen LogP contribution in [-0.4, -0.2) is 22.2 Å². The van der Waals surface area contributed by atoms with Gasteiger partial charge in [-0.3, -0.25) is 0 Å². The molecule has 26 heavy (non-hydrogen) atoms. The zero-order chi connectivity index (χ0) is 20.8. The van der Waals surface area contributed by atoms with Gasteiger partial charge in [0.1, 0.15) is 0 Å². The molecule has 0 aliphatic heterocycles. The van der Waals surface area contributed by atoms with E-state index in [1.165, 1.54) is 0 Å². The number of rotatable bonds is 4. The molecule has 0 unspecified atom stereocenters. The van der Waals surface area contributed by atoms with Gasteiger partial charge in [-0.25, -0.2) is 0 Å². The molecular weight excluding hydrogens is 354 g/mol. The van der Waals surface area contributed by atoms with Crippen LogP contribution >= 0.6 is 0 Å². The van der Waals surface area contributed by atoms with Crippen molar-refractivity contribution in [2.75, 3.05) is 0 Å². The van der Waals surface area contributed by atoms with E-state index in [1.54, 1.807) is 0 Å². The lowest BCUT2D eigenvalue weighted by molar-refractivity contribution is 0.0339. The molecular formula is C21H41NO2Si2. The van der Waals surface area contributed by atoms with Gasteiger partial charge in [0.2, 0.25) is 8.32 Å². The molecule has 0 aromatic carbocycles. The van der Waals surface area contributed by atoms with Crippen molar-refractivity contribution in [1.82, 2.24) is 0 Å². The monoisotopic (exact) mass is 395 g/mol. The van der Waals surface area contributed by atoms with E-state index in [2.05, 4.69) is 87.6 Å². The third-order valence-corrected chi connectivity index (χ3v) is 15.7. The Balaban J connectivity index is 3.24. The summed E-state index contributed by atoms with van der Waals surface area (Å²) in [6.07, 6.45) is 1.59. The lowest BCUT2D eigenvalue weighted by Gasteiger charge is -2.48. The first-order valence-electron chi connectivity index (χ1n) is 9.88. The summed E-state index contributed by atoms with van der Waals surface area (Å²) in [6, 6.07) is 2.44. The second-order valence-corrected chi connectivity index (χ2v) is 20.9. The molecule has 0 fully saturated rings. The van der Waals surface area contributed by atoms with Gasteiger partial charge in [0.05, 0.1) is 23.0 Å². The summed E-state index contributed by atoms with van der Waals surface area (Å²) < 4.78 is 13.5. The largest absolute Gasteiger partial charge is 0.546 e.